The molecule has 0 aliphatic heterocycles. The van der Waals surface area contributed by atoms with Gasteiger partial charge in [0.05, 0.1) is 57.3 Å². The van der Waals surface area contributed by atoms with Gasteiger partial charge in [-0.05, 0) is 128 Å². The third kappa shape index (κ3) is 13.2. The van der Waals surface area contributed by atoms with Crippen LogP contribution >= 0.6 is 0 Å². The van der Waals surface area contributed by atoms with E-state index in [9.17, 15) is 9.59 Å². The molecule has 64 heavy (non-hydrogen) atoms. The Morgan fingerprint density at radius 2 is 1.22 bits per heavy atom. The van der Waals surface area contributed by atoms with E-state index in [2.05, 4.69) is 19.9 Å². The molecule has 336 valence electrons. The van der Waals surface area contributed by atoms with Crippen LogP contribution in [-0.4, -0.2) is 65.0 Å². The van der Waals surface area contributed by atoms with Gasteiger partial charge in [0.15, 0.2) is 29.4 Å². The first-order chi connectivity index (χ1) is 30.6. The average Bonchev–Trinajstić information content (AvgIpc) is 3.94. The van der Waals surface area contributed by atoms with E-state index < -0.39 is 11.2 Å². The first-order valence-electron chi connectivity index (χ1n) is 21.1. The molecule has 0 radical (unpaired) electrons. The molecule has 1 aliphatic carbocycles. The summed E-state index contributed by atoms with van der Waals surface area (Å²) in [5.41, 5.74) is 4.27. The number of aromatic nitrogens is 3. The largest absolute Gasteiger partial charge is 0.493 e. The second kappa shape index (κ2) is 20.9. The highest BCUT2D eigenvalue weighted by molar-refractivity contribution is 5.91. The number of hydrogen-bond acceptors (Lipinski definition) is 14. The lowest BCUT2D eigenvalue weighted by atomic mass is 10.1. The highest BCUT2D eigenvalue weighted by Gasteiger charge is 2.26. The van der Waals surface area contributed by atoms with Crippen LogP contribution in [0.1, 0.15) is 93.3 Å². The molecular formula is C50H57N5O9. The van der Waals surface area contributed by atoms with Crippen LogP contribution < -0.4 is 28.7 Å². The standard InChI is InChI=1S/C26H29N3O4.C24H28N2O5/c1-26(2,3)33-25(30)19-6-5-7-20(12-19)29(16-18-14-27-17-28-15-18)21-8-11-23(31-4)24(13-21)32-22-9-10-22;1-6-29-21-12-11-19(13-22(21)28-5)26(15-20-14-25-16-30-20)18-9-7-17(8-10-18)23(27)31-24(2,3)4/h5-8,11-15,17,22H,9-10,16H2,1-4H3;7-14,16H,6,15H2,1-5H3. The maximum absolute atomic E-state index is 12.7. The van der Waals surface area contributed by atoms with Crippen LogP contribution in [0.3, 0.4) is 0 Å². The fourth-order valence-electron chi connectivity index (χ4n) is 6.38. The molecule has 2 heterocycles. The van der Waals surface area contributed by atoms with Crippen LogP contribution in [0.2, 0.25) is 0 Å². The highest BCUT2D eigenvalue weighted by atomic mass is 16.6. The molecule has 0 spiro atoms. The van der Waals surface area contributed by atoms with Gasteiger partial charge in [0.25, 0.3) is 0 Å². The molecule has 4 aromatic carbocycles. The Balaban J connectivity index is 0.000000213. The zero-order chi connectivity index (χ0) is 45.9. The topological polar surface area (TPSA) is 148 Å². The number of oxazole rings is 1. The van der Waals surface area contributed by atoms with Gasteiger partial charge in [0.1, 0.15) is 23.3 Å². The van der Waals surface area contributed by atoms with Crippen molar-refractivity contribution in [3.8, 4) is 23.0 Å². The van der Waals surface area contributed by atoms with Crippen LogP contribution in [0.25, 0.3) is 0 Å². The maximum atomic E-state index is 12.7. The minimum atomic E-state index is -0.570. The Labute approximate surface area is 375 Å². The molecule has 0 unspecified atom stereocenters. The fourth-order valence-corrected chi connectivity index (χ4v) is 6.38. The van der Waals surface area contributed by atoms with E-state index in [-0.39, 0.29) is 18.0 Å². The number of methoxy groups -OCH3 is 2. The van der Waals surface area contributed by atoms with Crippen LogP contribution in [0.5, 0.6) is 23.0 Å². The minimum absolute atomic E-state index is 0.237. The monoisotopic (exact) mass is 871 g/mol. The lowest BCUT2D eigenvalue weighted by molar-refractivity contribution is 0.00570. The third-order valence-corrected chi connectivity index (χ3v) is 9.39. The van der Waals surface area contributed by atoms with Crippen molar-refractivity contribution in [2.75, 3.05) is 30.6 Å². The number of nitrogens with zero attached hydrogens (tertiary/aromatic N) is 5. The summed E-state index contributed by atoms with van der Waals surface area (Å²) in [7, 11) is 3.25. The summed E-state index contributed by atoms with van der Waals surface area (Å²) < 4.78 is 39.2. The van der Waals surface area contributed by atoms with Gasteiger partial charge in [0, 0.05) is 52.8 Å². The van der Waals surface area contributed by atoms with E-state index in [0.29, 0.717) is 59.6 Å². The van der Waals surface area contributed by atoms with Gasteiger partial charge >= 0.3 is 11.9 Å². The van der Waals surface area contributed by atoms with Crippen molar-refractivity contribution in [2.45, 2.75) is 91.7 Å². The molecule has 1 saturated carbocycles. The van der Waals surface area contributed by atoms with Crippen molar-refractivity contribution in [3.05, 3.63) is 139 Å². The van der Waals surface area contributed by atoms with E-state index in [1.54, 1.807) is 51.0 Å². The van der Waals surface area contributed by atoms with Crippen molar-refractivity contribution in [1.82, 2.24) is 15.0 Å². The molecular weight excluding hydrogens is 815 g/mol. The van der Waals surface area contributed by atoms with Gasteiger partial charge in [-0.3, -0.25) is 0 Å². The molecule has 7 rings (SSSR count). The molecule has 0 N–H and O–H groups in total. The van der Waals surface area contributed by atoms with Crippen molar-refractivity contribution >= 4 is 34.7 Å². The van der Waals surface area contributed by atoms with Gasteiger partial charge < -0.3 is 42.6 Å². The van der Waals surface area contributed by atoms with Crippen molar-refractivity contribution in [3.63, 3.8) is 0 Å². The van der Waals surface area contributed by atoms with Crippen LogP contribution in [0.4, 0.5) is 22.7 Å². The Morgan fingerprint density at radius 1 is 0.641 bits per heavy atom. The molecule has 0 atom stereocenters. The Bertz CT molecular complexity index is 2440. The highest BCUT2D eigenvalue weighted by Crippen LogP contribution is 2.40. The zero-order valence-corrected chi connectivity index (χ0v) is 38.0. The smallest absolute Gasteiger partial charge is 0.338 e. The van der Waals surface area contributed by atoms with Crippen LogP contribution in [-0.2, 0) is 22.6 Å². The van der Waals surface area contributed by atoms with E-state index in [0.717, 1.165) is 41.2 Å². The molecule has 6 aromatic rings. The first kappa shape index (κ1) is 46.4. The first-order valence-corrected chi connectivity index (χ1v) is 21.1. The number of benzene rings is 4. The minimum Gasteiger partial charge on any atom is -0.493 e. The number of carbonyl (C=O) groups excluding carboxylic acids is 2. The summed E-state index contributed by atoms with van der Waals surface area (Å²) in [5, 5.41) is 0. The van der Waals surface area contributed by atoms with Gasteiger partial charge in [-0.25, -0.2) is 24.5 Å². The van der Waals surface area contributed by atoms with E-state index in [1.807, 2.05) is 120 Å². The van der Waals surface area contributed by atoms with Gasteiger partial charge in [-0.1, -0.05) is 6.07 Å². The maximum Gasteiger partial charge on any atom is 0.338 e. The number of carbonyl (C=O) groups is 2. The normalized spacial score (nSPS) is 12.3. The van der Waals surface area contributed by atoms with Gasteiger partial charge in [-0.15, -0.1) is 0 Å². The number of anilines is 4. The fraction of sp³-hybridized carbons (Fsp3) is 0.340. The van der Waals surface area contributed by atoms with Crippen LogP contribution in [0, 0.1) is 0 Å². The van der Waals surface area contributed by atoms with Crippen molar-refractivity contribution < 1.29 is 42.4 Å². The van der Waals surface area contributed by atoms with E-state index in [1.165, 1.54) is 12.7 Å². The second-order valence-corrected chi connectivity index (χ2v) is 16.9. The molecule has 14 nitrogen and oxygen atoms in total. The summed E-state index contributed by atoms with van der Waals surface area (Å²) in [6, 6.07) is 26.2. The molecule has 1 aliphatic rings. The molecule has 0 bridgehead atoms. The SMILES string of the molecule is CCOc1ccc(N(Cc2cnco2)c2ccc(C(=O)OC(C)(C)C)cc2)cc1OC.COc1ccc(N(Cc2cncnc2)c2cccc(C(=O)OC(C)(C)C)c2)cc1OC1CC1. The van der Waals surface area contributed by atoms with Gasteiger partial charge in [-0.2, -0.15) is 0 Å². The lowest BCUT2D eigenvalue weighted by Gasteiger charge is -2.27. The molecule has 1 fully saturated rings. The molecule has 14 heteroatoms. The lowest BCUT2D eigenvalue weighted by Crippen LogP contribution is -2.24. The number of esters is 2. The van der Waals surface area contributed by atoms with Crippen LogP contribution in [0.15, 0.2) is 121 Å². The summed E-state index contributed by atoms with van der Waals surface area (Å²) in [6.45, 7) is 14.5. The number of hydrogen-bond donors (Lipinski definition) is 0. The van der Waals surface area contributed by atoms with Gasteiger partial charge in [0.2, 0.25) is 0 Å². The summed E-state index contributed by atoms with van der Waals surface area (Å²) in [4.78, 5) is 41.5. The Hall–Kier alpha value is -7.09. The Morgan fingerprint density at radius 3 is 1.80 bits per heavy atom. The second-order valence-electron chi connectivity index (χ2n) is 16.9. The Kier molecular flexibility index (Phi) is 15.1. The predicted molar refractivity (Wildman–Crippen MR) is 244 cm³/mol. The predicted octanol–water partition coefficient (Wildman–Crippen LogP) is 10.7. The number of ether oxygens (including phenoxy) is 6. The van der Waals surface area contributed by atoms with E-state index in [4.69, 9.17) is 32.8 Å². The summed E-state index contributed by atoms with van der Waals surface area (Å²) >= 11 is 0. The van der Waals surface area contributed by atoms with Crippen molar-refractivity contribution in [1.29, 1.82) is 0 Å². The average molecular weight is 872 g/mol. The van der Waals surface area contributed by atoms with Crippen molar-refractivity contribution in [2.24, 2.45) is 0 Å². The molecule has 2 aromatic heterocycles. The summed E-state index contributed by atoms with van der Waals surface area (Å²) in [6.07, 6.45) is 10.5. The molecule has 0 saturated heterocycles. The third-order valence-electron chi connectivity index (χ3n) is 9.39. The zero-order valence-electron chi connectivity index (χ0n) is 38.0. The molecule has 0 amide bonds. The quantitative estimate of drug-likeness (QED) is 0.0849. The number of rotatable bonds is 16. The summed E-state index contributed by atoms with van der Waals surface area (Å²) in [5.74, 6) is 2.68. The van der Waals surface area contributed by atoms with E-state index >= 15 is 0 Å².